The number of nitrogens with two attached hydrogens (primary N) is 1. The third-order valence-corrected chi connectivity index (χ3v) is 5.27. The molecule has 154 valence electrons. The largest absolute Gasteiger partial charge is 0.383 e. The van der Waals surface area contributed by atoms with Gasteiger partial charge in [-0.05, 0) is 32.0 Å². The monoisotopic (exact) mass is 410 g/mol. The molecule has 0 aliphatic heterocycles. The minimum Gasteiger partial charge on any atom is -0.383 e. The van der Waals surface area contributed by atoms with E-state index in [0.29, 0.717) is 34.0 Å². The van der Waals surface area contributed by atoms with E-state index in [-0.39, 0.29) is 11.4 Å². The van der Waals surface area contributed by atoms with Gasteiger partial charge in [-0.2, -0.15) is 5.10 Å². The number of halogens is 2. The zero-order valence-electron chi connectivity index (χ0n) is 16.7. The standard InChI is InChI=1S/C21H20F2N6O/c1-4-29(11(2)17-6-5-12(22)9-25-17)21(30)13-7-14-18(8-16(13)23)27-20(24)15-10-26-28(3)19(14)15/h5-11H,4H2,1-3H3,(H2,24,27). The molecule has 1 amide bonds. The van der Waals surface area contributed by atoms with Gasteiger partial charge in [-0.3, -0.25) is 14.5 Å². The molecule has 0 aliphatic carbocycles. The van der Waals surface area contributed by atoms with Gasteiger partial charge in [-0.25, -0.2) is 13.8 Å². The maximum atomic E-state index is 14.9. The van der Waals surface area contributed by atoms with E-state index in [2.05, 4.69) is 15.1 Å². The van der Waals surface area contributed by atoms with Crippen LogP contribution in [0.25, 0.3) is 21.8 Å². The van der Waals surface area contributed by atoms with Crippen LogP contribution in [0.3, 0.4) is 0 Å². The van der Waals surface area contributed by atoms with Crippen molar-refractivity contribution in [2.75, 3.05) is 12.3 Å². The van der Waals surface area contributed by atoms with Crippen molar-refractivity contribution in [3.05, 3.63) is 59.6 Å². The number of carbonyl (C=O) groups is 1. The van der Waals surface area contributed by atoms with Crippen LogP contribution in [0.1, 0.15) is 35.9 Å². The average Bonchev–Trinajstić information content (AvgIpc) is 3.11. The molecule has 0 spiro atoms. The van der Waals surface area contributed by atoms with E-state index in [1.54, 1.807) is 31.8 Å². The van der Waals surface area contributed by atoms with Gasteiger partial charge in [-0.1, -0.05) is 0 Å². The van der Waals surface area contributed by atoms with Crippen molar-refractivity contribution in [2.45, 2.75) is 19.9 Å². The summed E-state index contributed by atoms with van der Waals surface area (Å²) in [7, 11) is 1.74. The summed E-state index contributed by atoms with van der Waals surface area (Å²) in [5, 5.41) is 5.41. The van der Waals surface area contributed by atoms with Gasteiger partial charge in [0.25, 0.3) is 5.91 Å². The summed E-state index contributed by atoms with van der Waals surface area (Å²) < 4.78 is 29.7. The van der Waals surface area contributed by atoms with Crippen molar-refractivity contribution in [2.24, 2.45) is 7.05 Å². The Hall–Kier alpha value is -3.62. The number of anilines is 1. The quantitative estimate of drug-likeness (QED) is 0.555. The molecule has 9 heteroatoms. The van der Waals surface area contributed by atoms with Crippen molar-refractivity contribution in [3.63, 3.8) is 0 Å². The molecule has 1 unspecified atom stereocenters. The molecule has 1 atom stereocenters. The van der Waals surface area contributed by atoms with Crippen LogP contribution < -0.4 is 5.73 Å². The van der Waals surface area contributed by atoms with Gasteiger partial charge in [0.15, 0.2) is 0 Å². The highest BCUT2D eigenvalue weighted by Gasteiger charge is 2.26. The summed E-state index contributed by atoms with van der Waals surface area (Å²) >= 11 is 0. The van der Waals surface area contributed by atoms with Crippen LogP contribution >= 0.6 is 0 Å². The minimum absolute atomic E-state index is 0.0904. The van der Waals surface area contributed by atoms with E-state index < -0.39 is 23.6 Å². The summed E-state index contributed by atoms with van der Waals surface area (Å²) in [4.78, 5) is 23.0. The second-order valence-electron chi connectivity index (χ2n) is 7.05. The lowest BCUT2D eigenvalue weighted by Crippen LogP contribution is -2.34. The molecule has 0 saturated carbocycles. The number of hydrogen-bond acceptors (Lipinski definition) is 5. The van der Waals surface area contributed by atoms with E-state index in [9.17, 15) is 13.6 Å². The van der Waals surface area contributed by atoms with Crippen molar-refractivity contribution < 1.29 is 13.6 Å². The smallest absolute Gasteiger partial charge is 0.257 e. The number of rotatable bonds is 4. The maximum absolute atomic E-state index is 14.9. The highest BCUT2D eigenvalue weighted by atomic mass is 19.1. The fraction of sp³-hybridized carbons (Fsp3) is 0.238. The van der Waals surface area contributed by atoms with E-state index in [4.69, 9.17) is 5.73 Å². The summed E-state index contributed by atoms with van der Waals surface area (Å²) in [5.74, 6) is -1.41. The Morgan fingerprint density at radius 1 is 1.23 bits per heavy atom. The van der Waals surface area contributed by atoms with Gasteiger partial charge in [0.2, 0.25) is 0 Å². The Morgan fingerprint density at radius 2 is 2.00 bits per heavy atom. The molecule has 1 aromatic carbocycles. The van der Waals surface area contributed by atoms with Crippen molar-refractivity contribution in [1.29, 1.82) is 0 Å². The van der Waals surface area contributed by atoms with Crippen LogP contribution in [0.2, 0.25) is 0 Å². The van der Waals surface area contributed by atoms with E-state index >= 15 is 0 Å². The Labute approximate surface area is 171 Å². The van der Waals surface area contributed by atoms with Gasteiger partial charge < -0.3 is 10.6 Å². The first-order chi connectivity index (χ1) is 14.3. The van der Waals surface area contributed by atoms with Gasteiger partial charge in [0.1, 0.15) is 17.5 Å². The van der Waals surface area contributed by atoms with Crippen LogP contribution in [0.15, 0.2) is 36.7 Å². The first kappa shape index (κ1) is 19.7. The van der Waals surface area contributed by atoms with Crippen molar-refractivity contribution >= 4 is 33.5 Å². The number of pyridine rings is 2. The molecule has 0 aliphatic rings. The fourth-order valence-corrected chi connectivity index (χ4v) is 3.69. The summed E-state index contributed by atoms with van der Waals surface area (Å²) in [6, 6.07) is 5.01. The molecular weight excluding hydrogens is 390 g/mol. The minimum atomic E-state index is -0.696. The summed E-state index contributed by atoms with van der Waals surface area (Å²) in [6.45, 7) is 3.87. The number of aryl methyl sites for hydroxylation is 1. The van der Waals surface area contributed by atoms with E-state index in [1.165, 1.54) is 29.2 Å². The molecular formula is C21H20F2N6O. The molecule has 30 heavy (non-hydrogen) atoms. The topological polar surface area (TPSA) is 89.9 Å². The Balaban J connectivity index is 1.82. The molecule has 3 aromatic heterocycles. The zero-order chi connectivity index (χ0) is 21.6. The van der Waals surface area contributed by atoms with Gasteiger partial charge >= 0.3 is 0 Å². The van der Waals surface area contributed by atoms with Crippen LogP contribution in [0.4, 0.5) is 14.6 Å². The third kappa shape index (κ3) is 3.12. The van der Waals surface area contributed by atoms with Gasteiger partial charge in [-0.15, -0.1) is 0 Å². The fourth-order valence-electron chi connectivity index (χ4n) is 3.69. The van der Waals surface area contributed by atoms with Crippen LogP contribution in [-0.4, -0.2) is 37.1 Å². The SMILES string of the molecule is CCN(C(=O)c1cc2c(cc1F)nc(N)c1cnn(C)c12)C(C)c1ccc(F)cn1. The lowest BCUT2D eigenvalue weighted by atomic mass is 10.1. The molecule has 2 N–H and O–H groups in total. The summed E-state index contributed by atoms with van der Waals surface area (Å²) in [5.41, 5.74) is 7.40. The Kier molecular flexibility index (Phi) is 4.81. The number of nitrogen functional groups attached to an aromatic ring is 1. The molecule has 4 aromatic rings. The Bertz CT molecular complexity index is 1270. The molecule has 0 bridgehead atoms. The first-order valence-corrected chi connectivity index (χ1v) is 9.44. The predicted octanol–water partition coefficient (Wildman–Crippen LogP) is 3.60. The van der Waals surface area contributed by atoms with Crippen LogP contribution in [0.5, 0.6) is 0 Å². The lowest BCUT2D eigenvalue weighted by molar-refractivity contribution is 0.0694. The number of nitrogens with zero attached hydrogens (tertiary/aromatic N) is 5. The van der Waals surface area contributed by atoms with Gasteiger partial charge in [0, 0.05) is 25.0 Å². The number of hydrogen-bond donors (Lipinski definition) is 1. The first-order valence-electron chi connectivity index (χ1n) is 9.44. The van der Waals surface area contributed by atoms with Crippen LogP contribution in [0, 0.1) is 11.6 Å². The maximum Gasteiger partial charge on any atom is 0.257 e. The molecule has 0 saturated heterocycles. The zero-order valence-corrected chi connectivity index (χ0v) is 16.7. The molecule has 0 radical (unpaired) electrons. The third-order valence-electron chi connectivity index (χ3n) is 5.27. The van der Waals surface area contributed by atoms with Crippen molar-refractivity contribution in [3.8, 4) is 0 Å². The number of carbonyl (C=O) groups excluding carboxylic acids is 1. The molecule has 4 rings (SSSR count). The lowest BCUT2D eigenvalue weighted by Gasteiger charge is -2.28. The second kappa shape index (κ2) is 7.33. The van der Waals surface area contributed by atoms with Crippen LogP contribution in [-0.2, 0) is 7.05 Å². The van der Waals surface area contributed by atoms with Gasteiger partial charge in [0.05, 0.1) is 46.1 Å². The molecule has 3 heterocycles. The van der Waals surface area contributed by atoms with Crippen molar-refractivity contribution in [1.82, 2.24) is 24.6 Å². The Morgan fingerprint density at radius 3 is 2.67 bits per heavy atom. The normalized spacial score (nSPS) is 12.4. The molecule has 0 fully saturated rings. The predicted molar refractivity (Wildman–Crippen MR) is 110 cm³/mol. The second-order valence-corrected chi connectivity index (χ2v) is 7.05. The highest BCUT2D eigenvalue weighted by Crippen LogP contribution is 2.30. The number of amides is 1. The number of fused-ring (bicyclic) bond motifs is 3. The number of aromatic nitrogens is 4. The van der Waals surface area contributed by atoms with E-state index in [0.717, 1.165) is 6.20 Å². The summed E-state index contributed by atoms with van der Waals surface area (Å²) in [6.07, 6.45) is 2.68. The average molecular weight is 410 g/mol. The van der Waals surface area contributed by atoms with E-state index in [1.807, 2.05) is 0 Å². The highest BCUT2D eigenvalue weighted by molar-refractivity contribution is 6.10. The molecule has 7 nitrogen and oxygen atoms in total. The number of benzene rings is 1.